The predicted octanol–water partition coefficient (Wildman–Crippen LogP) is 4.06. The van der Waals surface area contributed by atoms with E-state index in [1.807, 2.05) is 32.9 Å². The number of hydrogen-bond donors (Lipinski definition) is 0. The third-order valence-electron chi connectivity index (χ3n) is 5.15. The third kappa shape index (κ3) is 3.38. The van der Waals surface area contributed by atoms with Gasteiger partial charge in [0.1, 0.15) is 0 Å². The van der Waals surface area contributed by atoms with Gasteiger partial charge >= 0.3 is 0 Å². The molecule has 0 bridgehead atoms. The molecule has 1 aliphatic rings. The molecule has 22 heavy (non-hydrogen) atoms. The first kappa shape index (κ1) is 17.5. The van der Waals surface area contributed by atoms with Crippen LogP contribution in [0.2, 0.25) is 0 Å². The Morgan fingerprint density at radius 1 is 1.14 bits per heavy atom. The van der Waals surface area contributed by atoms with Gasteiger partial charge in [0.15, 0.2) is 0 Å². The van der Waals surface area contributed by atoms with Crippen LogP contribution >= 0.6 is 0 Å². The Labute approximate surface area is 135 Å². The smallest absolute Gasteiger partial charge is 0.207 e. The molecular weight excluding hydrogens is 294 g/mol. The zero-order valence-electron chi connectivity index (χ0n) is 14.5. The number of nitrogens with zero attached hydrogens (tertiary/aromatic N) is 1. The second-order valence-corrected chi connectivity index (χ2v) is 8.73. The molecular formula is C18H29NO2S. The van der Waals surface area contributed by atoms with Crippen LogP contribution in [0, 0.1) is 32.6 Å². The van der Waals surface area contributed by atoms with E-state index in [0.29, 0.717) is 29.8 Å². The Hall–Kier alpha value is -0.870. The fourth-order valence-electron chi connectivity index (χ4n) is 3.72. The molecule has 0 aromatic heterocycles. The SMILES string of the molecule is CCC(C)C1CCN(S(=O)(=O)c2c(C)cc(C)cc2C)CC1. The molecule has 4 heteroatoms. The summed E-state index contributed by atoms with van der Waals surface area (Å²) in [5, 5.41) is 0. The minimum absolute atomic E-state index is 0.514. The van der Waals surface area contributed by atoms with Crippen LogP contribution in [0.4, 0.5) is 0 Å². The number of benzene rings is 1. The molecule has 1 aromatic rings. The van der Waals surface area contributed by atoms with E-state index in [2.05, 4.69) is 13.8 Å². The maximum absolute atomic E-state index is 13.0. The van der Waals surface area contributed by atoms with Crippen molar-refractivity contribution < 1.29 is 8.42 Å². The second-order valence-electron chi connectivity index (χ2n) is 6.85. The molecule has 124 valence electrons. The summed E-state index contributed by atoms with van der Waals surface area (Å²) >= 11 is 0. The van der Waals surface area contributed by atoms with E-state index in [1.165, 1.54) is 6.42 Å². The average Bonchev–Trinajstić information content (AvgIpc) is 2.45. The number of piperidine rings is 1. The third-order valence-corrected chi connectivity index (χ3v) is 7.35. The molecule has 1 aromatic carbocycles. The molecule has 0 amide bonds. The largest absolute Gasteiger partial charge is 0.243 e. The first-order valence-electron chi connectivity index (χ1n) is 8.35. The zero-order chi connectivity index (χ0) is 16.5. The topological polar surface area (TPSA) is 37.4 Å². The standard InChI is InChI=1S/C18H29NO2S/c1-6-14(3)17-7-9-19(10-8-17)22(20,21)18-15(4)11-13(2)12-16(18)5/h11-12,14,17H,6-10H2,1-5H3. The van der Waals surface area contributed by atoms with Gasteiger partial charge in [-0.25, -0.2) is 8.42 Å². The lowest BCUT2D eigenvalue weighted by Crippen LogP contribution is -2.40. The molecule has 1 unspecified atom stereocenters. The second kappa shape index (κ2) is 6.71. The molecule has 2 rings (SSSR count). The summed E-state index contributed by atoms with van der Waals surface area (Å²) in [5.74, 6) is 1.35. The van der Waals surface area contributed by atoms with Gasteiger partial charge in [-0.1, -0.05) is 38.0 Å². The van der Waals surface area contributed by atoms with E-state index in [-0.39, 0.29) is 0 Å². The van der Waals surface area contributed by atoms with Crippen molar-refractivity contribution in [2.24, 2.45) is 11.8 Å². The lowest BCUT2D eigenvalue weighted by Gasteiger charge is -2.34. The highest BCUT2D eigenvalue weighted by Crippen LogP contribution is 2.31. The maximum Gasteiger partial charge on any atom is 0.243 e. The summed E-state index contributed by atoms with van der Waals surface area (Å²) in [7, 11) is -3.36. The molecule has 0 saturated carbocycles. The predicted molar refractivity (Wildman–Crippen MR) is 91.6 cm³/mol. The number of hydrogen-bond acceptors (Lipinski definition) is 2. The van der Waals surface area contributed by atoms with Crippen LogP contribution in [0.3, 0.4) is 0 Å². The molecule has 0 radical (unpaired) electrons. The van der Waals surface area contributed by atoms with Gasteiger partial charge in [0.05, 0.1) is 4.90 Å². The molecule has 0 spiro atoms. The van der Waals surface area contributed by atoms with Crippen molar-refractivity contribution in [3.8, 4) is 0 Å². The molecule has 0 aliphatic carbocycles. The van der Waals surface area contributed by atoms with Crippen LogP contribution in [-0.2, 0) is 10.0 Å². The Morgan fingerprint density at radius 2 is 1.64 bits per heavy atom. The van der Waals surface area contributed by atoms with Crippen LogP contribution in [0.15, 0.2) is 17.0 Å². The maximum atomic E-state index is 13.0. The Morgan fingerprint density at radius 3 is 2.09 bits per heavy atom. The molecule has 3 nitrogen and oxygen atoms in total. The fourth-order valence-corrected chi connectivity index (χ4v) is 5.60. The zero-order valence-corrected chi connectivity index (χ0v) is 15.3. The first-order chi connectivity index (χ1) is 10.3. The highest BCUT2D eigenvalue weighted by atomic mass is 32.2. The molecule has 0 N–H and O–H groups in total. The van der Waals surface area contributed by atoms with Crippen LogP contribution in [0.25, 0.3) is 0 Å². The van der Waals surface area contributed by atoms with Crippen molar-refractivity contribution in [3.05, 3.63) is 28.8 Å². The van der Waals surface area contributed by atoms with Gasteiger partial charge in [0.2, 0.25) is 10.0 Å². The summed E-state index contributed by atoms with van der Waals surface area (Å²) in [5.41, 5.74) is 2.84. The fraction of sp³-hybridized carbons (Fsp3) is 0.667. The number of aryl methyl sites for hydroxylation is 3. The Balaban J connectivity index is 2.23. The van der Waals surface area contributed by atoms with Gasteiger partial charge in [-0.05, 0) is 56.6 Å². The van der Waals surface area contributed by atoms with E-state index in [1.54, 1.807) is 4.31 Å². The van der Waals surface area contributed by atoms with Gasteiger partial charge < -0.3 is 0 Å². The number of rotatable bonds is 4. The minimum Gasteiger partial charge on any atom is -0.207 e. The quantitative estimate of drug-likeness (QED) is 0.838. The molecule has 1 aliphatic heterocycles. The summed E-state index contributed by atoms with van der Waals surface area (Å²) < 4.78 is 27.7. The van der Waals surface area contributed by atoms with E-state index >= 15 is 0 Å². The van der Waals surface area contributed by atoms with Gasteiger partial charge in [0, 0.05) is 13.1 Å². The summed E-state index contributed by atoms with van der Waals surface area (Å²) in [6.45, 7) is 11.6. The van der Waals surface area contributed by atoms with Crippen molar-refractivity contribution in [2.75, 3.05) is 13.1 Å². The van der Waals surface area contributed by atoms with Crippen LogP contribution in [0.1, 0.15) is 49.8 Å². The summed E-state index contributed by atoms with van der Waals surface area (Å²) in [6.07, 6.45) is 3.14. The summed E-state index contributed by atoms with van der Waals surface area (Å²) in [4.78, 5) is 0.514. The van der Waals surface area contributed by atoms with E-state index in [0.717, 1.165) is 29.5 Å². The highest BCUT2D eigenvalue weighted by molar-refractivity contribution is 7.89. The molecule has 1 fully saturated rings. The van der Waals surface area contributed by atoms with Gasteiger partial charge in [0.25, 0.3) is 0 Å². The van der Waals surface area contributed by atoms with Crippen LogP contribution < -0.4 is 0 Å². The van der Waals surface area contributed by atoms with Gasteiger partial charge in [-0.3, -0.25) is 0 Å². The molecule has 1 atom stereocenters. The van der Waals surface area contributed by atoms with E-state index in [9.17, 15) is 8.42 Å². The monoisotopic (exact) mass is 323 g/mol. The highest BCUT2D eigenvalue weighted by Gasteiger charge is 2.32. The van der Waals surface area contributed by atoms with Crippen molar-refractivity contribution in [1.29, 1.82) is 0 Å². The Bertz CT molecular complexity index is 605. The van der Waals surface area contributed by atoms with Crippen molar-refractivity contribution in [1.82, 2.24) is 4.31 Å². The van der Waals surface area contributed by atoms with Gasteiger partial charge in [-0.15, -0.1) is 0 Å². The average molecular weight is 324 g/mol. The van der Waals surface area contributed by atoms with Gasteiger partial charge in [-0.2, -0.15) is 4.31 Å². The van der Waals surface area contributed by atoms with E-state index in [4.69, 9.17) is 0 Å². The summed E-state index contributed by atoms with van der Waals surface area (Å²) in [6, 6.07) is 3.93. The number of sulfonamides is 1. The minimum atomic E-state index is -3.36. The van der Waals surface area contributed by atoms with Crippen molar-refractivity contribution in [2.45, 2.75) is 58.8 Å². The Kier molecular flexibility index (Phi) is 5.33. The van der Waals surface area contributed by atoms with Crippen molar-refractivity contribution >= 4 is 10.0 Å². The van der Waals surface area contributed by atoms with Crippen molar-refractivity contribution in [3.63, 3.8) is 0 Å². The lowest BCUT2D eigenvalue weighted by molar-refractivity contribution is 0.213. The normalized spacial score (nSPS) is 19.3. The van der Waals surface area contributed by atoms with Crippen LogP contribution in [-0.4, -0.2) is 25.8 Å². The van der Waals surface area contributed by atoms with Crippen LogP contribution in [0.5, 0.6) is 0 Å². The molecule has 1 saturated heterocycles. The molecule has 1 heterocycles. The van der Waals surface area contributed by atoms with E-state index < -0.39 is 10.0 Å². The lowest BCUT2D eigenvalue weighted by atomic mass is 9.85. The first-order valence-corrected chi connectivity index (χ1v) is 9.79.